The van der Waals surface area contributed by atoms with E-state index < -0.39 is 0 Å². The highest BCUT2D eigenvalue weighted by molar-refractivity contribution is 5.43. The summed E-state index contributed by atoms with van der Waals surface area (Å²) in [6.07, 6.45) is 2.82. The van der Waals surface area contributed by atoms with E-state index in [1.54, 1.807) is 6.20 Å². The predicted molar refractivity (Wildman–Crippen MR) is 72.5 cm³/mol. The van der Waals surface area contributed by atoms with Gasteiger partial charge >= 0.3 is 0 Å². The van der Waals surface area contributed by atoms with Crippen LogP contribution in [0.5, 0.6) is 0 Å². The quantitative estimate of drug-likeness (QED) is 0.604. The molecule has 3 N–H and O–H groups in total. The van der Waals surface area contributed by atoms with E-state index in [2.05, 4.69) is 17.2 Å². The van der Waals surface area contributed by atoms with Crippen LogP contribution < -0.4 is 5.32 Å². The molecule has 1 rings (SSSR count). The Labute approximate surface area is 108 Å². The number of aromatic nitrogens is 1. The van der Waals surface area contributed by atoms with Gasteiger partial charge in [0.05, 0.1) is 13.2 Å². The van der Waals surface area contributed by atoms with E-state index in [9.17, 15) is 0 Å². The summed E-state index contributed by atoms with van der Waals surface area (Å²) in [4.78, 5) is 6.33. The largest absolute Gasteiger partial charge is 0.395 e. The van der Waals surface area contributed by atoms with Crippen molar-refractivity contribution in [3.63, 3.8) is 0 Å². The van der Waals surface area contributed by atoms with Crippen LogP contribution in [0.2, 0.25) is 0 Å². The van der Waals surface area contributed by atoms with Crippen LogP contribution in [0.15, 0.2) is 18.3 Å². The smallest absolute Gasteiger partial charge is 0.130 e. The molecule has 0 saturated carbocycles. The molecule has 0 saturated heterocycles. The van der Waals surface area contributed by atoms with E-state index in [-0.39, 0.29) is 13.2 Å². The maximum Gasteiger partial charge on any atom is 0.130 e. The van der Waals surface area contributed by atoms with Crippen molar-refractivity contribution in [3.05, 3.63) is 23.9 Å². The Morgan fingerprint density at radius 3 is 2.61 bits per heavy atom. The lowest BCUT2D eigenvalue weighted by Crippen LogP contribution is -2.29. The molecule has 1 aromatic rings. The third-order valence-corrected chi connectivity index (χ3v) is 2.66. The van der Waals surface area contributed by atoms with Crippen LogP contribution in [0, 0.1) is 0 Å². The van der Waals surface area contributed by atoms with Crippen molar-refractivity contribution < 1.29 is 10.2 Å². The summed E-state index contributed by atoms with van der Waals surface area (Å²) in [5.74, 6) is 0.889. The summed E-state index contributed by atoms with van der Waals surface area (Å²) >= 11 is 0. The molecule has 0 bridgehead atoms. The van der Waals surface area contributed by atoms with E-state index in [4.69, 9.17) is 10.2 Å². The molecule has 0 aliphatic heterocycles. The lowest BCUT2D eigenvalue weighted by Gasteiger charge is -2.21. The van der Waals surface area contributed by atoms with Gasteiger partial charge in [-0.2, -0.15) is 0 Å². The number of anilines is 1. The van der Waals surface area contributed by atoms with E-state index in [1.807, 2.05) is 17.0 Å². The van der Waals surface area contributed by atoms with Gasteiger partial charge in [0, 0.05) is 37.9 Å². The van der Waals surface area contributed by atoms with Gasteiger partial charge in [0.2, 0.25) is 0 Å². The fourth-order valence-electron chi connectivity index (χ4n) is 1.76. The Morgan fingerprint density at radius 1 is 1.28 bits per heavy atom. The molecule has 102 valence electrons. The fraction of sp³-hybridized carbons (Fsp3) is 0.615. The van der Waals surface area contributed by atoms with Gasteiger partial charge in [0.25, 0.3) is 0 Å². The van der Waals surface area contributed by atoms with Crippen molar-refractivity contribution in [2.24, 2.45) is 0 Å². The molecular formula is C13H23N3O2. The average molecular weight is 253 g/mol. The Hall–Kier alpha value is -1.17. The molecule has 0 unspecified atom stereocenters. The molecule has 0 radical (unpaired) electrons. The molecular weight excluding hydrogens is 230 g/mol. The summed E-state index contributed by atoms with van der Waals surface area (Å²) in [6, 6.07) is 3.93. The van der Waals surface area contributed by atoms with Crippen LogP contribution in [0.3, 0.4) is 0 Å². The van der Waals surface area contributed by atoms with Crippen molar-refractivity contribution in [1.29, 1.82) is 0 Å². The average Bonchev–Trinajstić information content (AvgIpc) is 2.38. The normalized spacial score (nSPS) is 10.9. The number of pyridine rings is 1. The molecule has 1 heterocycles. The molecule has 0 spiro atoms. The monoisotopic (exact) mass is 253 g/mol. The Kier molecular flexibility index (Phi) is 7.32. The number of aliphatic hydroxyl groups excluding tert-OH is 2. The fourth-order valence-corrected chi connectivity index (χ4v) is 1.76. The van der Waals surface area contributed by atoms with Gasteiger partial charge < -0.3 is 15.5 Å². The van der Waals surface area contributed by atoms with Gasteiger partial charge in [-0.15, -0.1) is 0 Å². The van der Waals surface area contributed by atoms with Crippen molar-refractivity contribution in [3.8, 4) is 0 Å². The van der Waals surface area contributed by atoms with Crippen LogP contribution in [0.25, 0.3) is 0 Å². The zero-order valence-electron chi connectivity index (χ0n) is 11.0. The first-order valence-electron chi connectivity index (χ1n) is 6.43. The number of hydrogen-bond acceptors (Lipinski definition) is 5. The topological polar surface area (TPSA) is 68.6 Å². The van der Waals surface area contributed by atoms with Gasteiger partial charge in [-0.25, -0.2) is 4.98 Å². The van der Waals surface area contributed by atoms with E-state index in [0.29, 0.717) is 19.6 Å². The third-order valence-electron chi connectivity index (χ3n) is 2.66. The minimum atomic E-state index is 0.0952. The van der Waals surface area contributed by atoms with Crippen LogP contribution in [0.1, 0.15) is 18.9 Å². The third kappa shape index (κ3) is 5.00. The Bertz CT molecular complexity index is 328. The van der Waals surface area contributed by atoms with Crippen LogP contribution in [-0.4, -0.2) is 52.9 Å². The van der Waals surface area contributed by atoms with Gasteiger partial charge in [0.15, 0.2) is 0 Å². The molecule has 0 amide bonds. The van der Waals surface area contributed by atoms with Crippen molar-refractivity contribution >= 4 is 5.82 Å². The minimum absolute atomic E-state index is 0.0952. The van der Waals surface area contributed by atoms with Gasteiger partial charge in [-0.1, -0.05) is 13.0 Å². The van der Waals surface area contributed by atoms with Gasteiger partial charge in [-0.05, 0) is 12.5 Å². The van der Waals surface area contributed by atoms with Crippen molar-refractivity contribution in [2.75, 3.05) is 38.2 Å². The molecule has 5 heteroatoms. The van der Waals surface area contributed by atoms with Gasteiger partial charge in [0.1, 0.15) is 5.82 Å². The summed E-state index contributed by atoms with van der Waals surface area (Å²) in [5, 5.41) is 21.3. The minimum Gasteiger partial charge on any atom is -0.395 e. The summed E-state index contributed by atoms with van der Waals surface area (Å²) in [7, 11) is 0. The molecule has 0 aliphatic carbocycles. The number of rotatable bonds is 9. The first-order chi connectivity index (χ1) is 8.81. The number of hydrogen-bond donors (Lipinski definition) is 3. The first kappa shape index (κ1) is 14.9. The highest BCUT2D eigenvalue weighted by Crippen LogP contribution is 2.14. The van der Waals surface area contributed by atoms with Gasteiger partial charge in [-0.3, -0.25) is 4.90 Å². The molecule has 0 atom stereocenters. The number of aliphatic hydroxyl groups is 2. The highest BCUT2D eigenvalue weighted by Gasteiger charge is 2.08. The van der Waals surface area contributed by atoms with Crippen LogP contribution >= 0.6 is 0 Å². The van der Waals surface area contributed by atoms with E-state index in [0.717, 1.165) is 24.3 Å². The second kappa shape index (κ2) is 8.85. The molecule has 18 heavy (non-hydrogen) atoms. The lowest BCUT2D eigenvalue weighted by molar-refractivity contribution is 0.156. The summed E-state index contributed by atoms with van der Waals surface area (Å²) in [5.41, 5.74) is 1.09. The zero-order valence-corrected chi connectivity index (χ0v) is 11.0. The lowest BCUT2D eigenvalue weighted by atomic mass is 10.2. The van der Waals surface area contributed by atoms with E-state index in [1.165, 1.54) is 0 Å². The predicted octanol–water partition coefficient (Wildman–Crippen LogP) is 0.690. The second-order valence-electron chi connectivity index (χ2n) is 4.16. The Balaban J connectivity index is 2.67. The number of nitrogens with one attached hydrogen (secondary N) is 1. The van der Waals surface area contributed by atoms with Crippen LogP contribution in [0.4, 0.5) is 5.82 Å². The van der Waals surface area contributed by atoms with Crippen LogP contribution in [-0.2, 0) is 6.54 Å². The van der Waals surface area contributed by atoms with Crippen molar-refractivity contribution in [1.82, 2.24) is 9.88 Å². The Morgan fingerprint density at radius 2 is 2.00 bits per heavy atom. The second-order valence-corrected chi connectivity index (χ2v) is 4.16. The molecule has 0 aliphatic rings. The zero-order chi connectivity index (χ0) is 13.2. The molecule has 1 aromatic heterocycles. The van der Waals surface area contributed by atoms with E-state index >= 15 is 0 Å². The molecule has 0 fully saturated rings. The first-order valence-corrected chi connectivity index (χ1v) is 6.43. The maximum absolute atomic E-state index is 9.00. The summed E-state index contributed by atoms with van der Waals surface area (Å²) < 4.78 is 0. The molecule has 5 nitrogen and oxygen atoms in total. The highest BCUT2D eigenvalue weighted by atomic mass is 16.3. The molecule has 0 aromatic carbocycles. The maximum atomic E-state index is 9.00. The van der Waals surface area contributed by atoms with Crippen molar-refractivity contribution in [2.45, 2.75) is 19.9 Å². The standard InChI is InChI=1S/C13H23N3O2/c1-2-5-14-13-12(4-3-6-15-13)11-16(7-9-17)8-10-18/h3-4,6,17-18H,2,5,7-11H2,1H3,(H,14,15). The SMILES string of the molecule is CCCNc1ncccc1CN(CCO)CCO. The summed E-state index contributed by atoms with van der Waals surface area (Å²) in [6.45, 7) is 4.99. The number of nitrogens with zero attached hydrogens (tertiary/aromatic N) is 2.